The van der Waals surface area contributed by atoms with Crippen LogP contribution in [0.1, 0.15) is 5.69 Å². The number of hydrogen-bond donors (Lipinski definition) is 1. The van der Waals surface area contributed by atoms with Gasteiger partial charge in [0.15, 0.2) is 0 Å². The molecule has 0 amide bonds. The minimum Gasteiger partial charge on any atom is -0.487 e. The van der Waals surface area contributed by atoms with E-state index in [0.717, 1.165) is 22.4 Å². The molecule has 0 saturated carbocycles. The zero-order chi connectivity index (χ0) is 20.7. The first-order valence-corrected chi connectivity index (χ1v) is 11.1. The summed E-state index contributed by atoms with van der Waals surface area (Å²) in [5.74, 6) is 0.559. The Morgan fingerprint density at radius 1 is 1.07 bits per heavy atom. The molecule has 0 spiro atoms. The monoisotopic (exact) mass is 442 g/mol. The fourth-order valence-corrected chi connectivity index (χ4v) is 4.57. The number of para-hydroxylation sites is 1. The Hall–Kier alpha value is -3.42. The van der Waals surface area contributed by atoms with Gasteiger partial charge in [0.2, 0.25) is 4.34 Å². The zero-order valence-corrected chi connectivity index (χ0v) is 16.9. The van der Waals surface area contributed by atoms with E-state index in [0.29, 0.717) is 28.3 Å². The molecule has 0 atom stereocenters. The predicted molar refractivity (Wildman–Crippen MR) is 108 cm³/mol. The molecular formula is C17H14N8O3S2. The van der Waals surface area contributed by atoms with Crippen molar-refractivity contribution in [2.24, 2.45) is 5.14 Å². The van der Waals surface area contributed by atoms with Gasteiger partial charge in [0.05, 0.1) is 21.9 Å². The summed E-state index contributed by atoms with van der Waals surface area (Å²) in [5.41, 5.74) is 2.89. The molecule has 0 unspecified atom stereocenters. The molecule has 0 bridgehead atoms. The van der Waals surface area contributed by atoms with Crippen molar-refractivity contribution >= 4 is 42.6 Å². The number of primary sulfonamides is 1. The van der Waals surface area contributed by atoms with Crippen molar-refractivity contribution in [3.63, 3.8) is 0 Å². The highest BCUT2D eigenvalue weighted by Gasteiger charge is 2.15. The lowest BCUT2D eigenvalue weighted by Gasteiger charge is -2.03. The molecule has 152 valence electrons. The summed E-state index contributed by atoms with van der Waals surface area (Å²) >= 11 is 0.995. The van der Waals surface area contributed by atoms with E-state index in [9.17, 15) is 8.42 Å². The predicted octanol–water partition coefficient (Wildman–Crippen LogP) is 1.36. The summed E-state index contributed by atoms with van der Waals surface area (Å²) in [7, 11) is -3.83. The van der Waals surface area contributed by atoms with Crippen molar-refractivity contribution in [3.05, 3.63) is 54.4 Å². The molecule has 3 heterocycles. The van der Waals surface area contributed by atoms with E-state index >= 15 is 0 Å². The molecule has 0 radical (unpaired) electrons. The van der Waals surface area contributed by atoms with Crippen LogP contribution in [-0.4, -0.2) is 43.4 Å². The number of nitrogens with zero attached hydrogens (tertiary/aromatic N) is 7. The van der Waals surface area contributed by atoms with E-state index in [1.807, 2.05) is 24.3 Å². The summed E-state index contributed by atoms with van der Waals surface area (Å²) in [6.07, 6.45) is 1.76. The Morgan fingerprint density at radius 2 is 1.93 bits per heavy atom. The standard InChI is InChI=1S/C17H14N8O3S2/c18-30(26,27)17-19-14-6-5-12(7-16(14)29-17)28-9-11-8-24(22-20-11)10-25-15-4-2-1-3-13(15)21-23-25/h1-8H,9-10H2,(H2,18,26,27). The minimum atomic E-state index is -3.83. The molecule has 5 aromatic rings. The first-order valence-electron chi connectivity index (χ1n) is 8.69. The van der Waals surface area contributed by atoms with Crippen LogP contribution in [0.3, 0.4) is 0 Å². The molecule has 13 heteroatoms. The van der Waals surface area contributed by atoms with Crippen LogP contribution < -0.4 is 9.88 Å². The molecule has 2 N–H and O–H groups in total. The number of ether oxygens (including phenoxy) is 1. The summed E-state index contributed by atoms with van der Waals surface area (Å²) in [6, 6.07) is 12.8. The second kappa shape index (κ2) is 7.12. The Kier molecular flexibility index (Phi) is 4.42. The number of rotatable bonds is 6. The molecular weight excluding hydrogens is 428 g/mol. The summed E-state index contributed by atoms with van der Waals surface area (Å²) < 4.78 is 32.6. The molecule has 11 nitrogen and oxygen atoms in total. The SMILES string of the molecule is NS(=O)(=O)c1nc2ccc(OCc3cn(Cn4nnc5ccccc54)nn3)cc2s1. The highest BCUT2D eigenvalue weighted by Crippen LogP contribution is 2.28. The van der Waals surface area contributed by atoms with E-state index < -0.39 is 10.0 Å². The lowest BCUT2D eigenvalue weighted by Crippen LogP contribution is -2.11. The maximum absolute atomic E-state index is 11.5. The summed E-state index contributed by atoms with van der Waals surface area (Å²) in [4.78, 5) is 4.01. The second-order valence-electron chi connectivity index (χ2n) is 6.41. The number of nitrogens with two attached hydrogens (primary N) is 1. The van der Waals surface area contributed by atoms with Crippen LogP contribution in [0.25, 0.3) is 21.3 Å². The van der Waals surface area contributed by atoms with Crippen LogP contribution >= 0.6 is 11.3 Å². The third-order valence-electron chi connectivity index (χ3n) is 4.26. The first kappa shape index (κ1) is 18.6. The number of aromatic nitrogens is 7. The smallest absolute Gasteiger partial charge is 0.265 e. The van der Waals surface area contributed by atoms with Gasteiger partial charge in [0.1, 0.15) is 30.2 Å². The number of thiazole rings is 1. The number of fused-ring (bicyclic) bond motifs is 2. The number of hydrogen-bond acceptors (Lipinski definition) is 9. The lowest BCUT2D eigenvalue weighted by molar-refractivity contribution is 0.301. The van der Waals surface area contributed by atoms with Crippen molar-refractivity contribution < 1.29 is 13.2 Å². The Morgan fingerprint density at radius 3 is 2.80 bits per heavy atom. The van der Waals surface area contributed by atoms with E-state index in [1.165, 1.54) is 0 Å². The second-order valence-corrected chi connectivity index (χ2v) is 9.18. The largest absolute Gasteiger partial charge is 0.487 e. The van der Waals surface area contributed by atoms with Gasteiger partial charge >= 0.3 is 0 Å². The van der Waals surface area contributed by atoms with Gasteiger partial charge in [0, 0.05) is 0 Å². The molecule has 30 heavy (non-hydrogen) atoms. The van der Waals surface area contributed by atoms with Gasteiger partial charge in [-0.15, -0.1) is 21.5 Å². The maximum Gasteiger partial charge on any atom is 0.265 e. The van der Waals surface area contributed by atoms with Crippen LogP contribution in [-0.2, 0) is 23.3 Å². The molecule has 2 aromatic carbocycles. The van der Waals surface area contributed by atoms with Crippen molar-refractivity contribution in [1.29, 1.82) is 0 Å². The van der Waals surface area contributed by atoms with Gasteiger partial charge in [-0.1, -0.05) is 22.6 Å². The fraction of sp³-hybridized carbons (Fsp3) is 0.118. The molecule has 0 fully saturated rings. The van der Waals surface area contributed by atoms with Crippen molar-refractivity contribution in [3.8, 4) is 5.75 Å². The maximum atomic E-state index is 11.5. The molecule has 3 aromatic heterocycles. The van der Waals surface area contributed by atoms with Crippen LogP contribution in [0.4, 0.5) is 0 Å². The van der Waals surface area contributed by atoms with Crippen LogP contribution in [0.15, 0.2) is 53.0 Å². The first-order chi connectivity index (χ1) is 14.5. The third kappa shape index (κ3) is 3.60. The molecule has 0 aliphatic heterocycles. The molecule has 0 aliphatic carbocycles. The van der Waals surface area contributed by atoms with Crippen molar-refractivity contribution in [1.82, 2.24) is 35.0 Å². The molecule has 0 aliphatic rings. The van der Waals surface area contributed by atoms with E-state index in [-0.39, 0.29) is 10.9 Å². The average Bonchev–Trinajstić information content (AvgIpc) is 3.44. The van der Waals surface area contributed by atoms with Crippen LogP contribution in [0.5, 0.6) is 5.75 Å². The Bertz CT molecular complexity index is 1470. The van der Waals surface area contributed by atoms with Gasteiger partial charge < -0.3 is 4.74 Å². The van der Waals surface area contributed by atoms with Crippen molar-refractivity contribution in [2.75, 3.05) is 0 Å². The van der Waals surface area contributed by atoms with Gasteiger partial charge in [0.25, 0.3) is 10.0 Å². The quantitative estimate of drug-likeness (QED) is 0.415. The normalized spacial score (nSPS) is 12.0. The van der Waals surface area contributed by atoms with Crippen LogP contribution in [0.2, 0.25) is 0 Å². The van der Waals surface area contributed by atoms with Gasteiger partial charge in [-0.05, 0) is 30.3 Å². The van der Waals surface area contributed by atoms with E-state index in [2.05, 4.69) is 25.6 Å². The molecule has 0 saturated heterocycles. The lowest BCUT2D eigenvalue weighted by atomic mass is 10.3. The van der Waals surface area contributed by atoms with E-state index in [4.69, 9.17) is 9.88 Å². The van der Waals surface area contributed by atoms with Gasteiger partial charge in [-0.25, -0.2) is 27.9 Å². The Labute approximate surface area is 173 Å². The minimum absolute atomic E-state index is 0.127. The Balaban J connectivity index is 1.28. The third-order valence-corrected chi connectivity index (χ3v) is 6.59. The highest BCUT2D eigenvalue weighted by molar-refractivity contribution is 7.91. The van der Waals surface area contributed by atoms with Gasteiger partial charge in [-0.2, -0.15) is 0 Å². The topological polar surface area (TPSA) is 144 Å². The van der Waals surface area contributed by atoms with E-state index in [1.54, 1.807) is 33.8 Å². The summed E-state index contributed by atoms with van der Waals surface area (Å²) in [5, 5.41) is 21.6. The average molecular weight is 442 g/mol. The summed E-state index contributed by atoms with van der Waals surface area (Å²) in [6.45, 7) is 0.571. The number of benzene rings is 2. The molecule has 5 rings (SSSR count). The number of sulfonamides is 1. The van der Waals surface area contributed by atoms with Crippen molar-refractivity contribution in [2.45, 2.75) is 17.6 Å². The zero-order valence-electron chi connectivity index (χ0n) is 15.3. The van der Waals surface area contributed by atoms with Gasteiger partial charge in [-0.3, -0.25) is 0 Å². The highest BCUT2D eigenvalue weighted by atomic mass is 32.2. The fourth-order valence-electron chi connectivity index (χ4n) is 2.89. The van der Waals surface area contributed by atoms with Crippen LogP contribution in [0, 0.1) is 0 Å².